The molecule has 1 amide bonds. The Labute approximate surface area is 252 Å². The number of benzene rings is 3. The van der Waals surface area contributed by atoms with Crippen LogP contribution >= 0.6 is 0 Å². The van der Waals surface area contributed by atoms with Crippen LogP contribution in [0.25, 0.3) is 5.69 Å². The van der Waals surface area contributed by atoms with Crippen LogP contribution in [0.5, 0.6) is 17.2 Å². The summed E-state index contributed by atoms with van der Waals surface area (Å²) in [7, 11) is -1.33. The first-order valence-corrected chi connectivity index (χ1v) is 15.1. The predicted molar refractivity (Wildman–Crippen MR) is 167 cm³/mol. The van der Waals surface area contributed by atoms with Gasteiger partial charge in [-0.1, -0.05) is 17.7 Å². The van der Waals surface area contributed by atoms with Gasteiger partial charge in [0.15, 0.2) is 11.5 Å². The minimum Gasteiger partial charge on any atom is -0.494 e. The van der Waals surface area contributed by atoms with Crippen molar-refractivity contribution in [3.8, 4) is 22.9 Å². The third kappa shape index (κ3) is 7.00. The highest BCUT2D eigenvalue weighted by atomic mass is 32.2. The van der Waals surface area contributed by atoms with E-state index in [1.807, 2.05) is 58.0 Å². The van der Waals surface area contributed by atoms with E-state index in [1.54, 1.807) is 30.5 Å². The molecule has 0 fully saturated rings. The van der Waals surface area contributed by atoms with E-state index >= 15 is 0 Å². The number of methoxy groups -OCH3 is 2. The van der Waals surface area contributed by atoms with Crippen LogP contribution < -0.4 is 23.9 Å². The summed E-state index contributed by atoms with van der Waals surface area (Å²) in [5, 5.41) is 4.14. The van der Waals surface area contributed by atoms with E-state index in [-0.39, 0.29) is 16.3 Å². The number of hydrogen-bond acceptors (Lipinski definition) is 7. The molecule has 1 aromatic heterocycles. The van der Waals surface area contributed by atoms with E-state index in [4.69, 9.17) is 14.2 Å². The molecule has 0 aliphatic heterocycles. The van der Waals surface area contributed by atoms with Gasteiger partial charge < -0.3 is 18.8 Å². The second-order valence-electron chi connectivity index (χ2n) is 9.75. The van der Waals surface area contributed by atoms with E-state index in [0.29, 0.717) is 18.1 Å². The number of hydrazone groups is 1. The summed E-state index contributed by atoms with van der Waals surface area (Å²) < 4.78 is 46.9. The highest BCUT2D eigenvalue weighted by Crippen LogP contribution is 2.32. The zero-order valence-corrected chi connectivity index (χ0v) is 25.9. The van der Waals surface area contributed by atoms with Gasteiger partial charge in [-0.25, -0.2) is 13.8 Å². The fourth-order valence-corrected chi connectivity index (χ4v) is 6.08. The normalized spacial score (nSPS) is 11.4. The Balaban J connectivity index is 1.59. The molecular weight excluding hydrogens is 568 g/mol. The molecule has 43 heavy (non-hydrogen) atoms. The van der Waals surface area contributed by atoms with Crippen molar-refractivity contribution in [1.29, 1.82) is 0 Å². The number of amides is 1. The maximum Gasteiger partial charge on any atom is 0.264 e. The van der Waals surface area contributed by atoms with Gasteiger partial charge in [0.1, 0.15) is 12.3 Å². The molecule has 0 bridgehead atoms. The standard InChI is InChI=1S/C32H36N4O6S/c1-7-42-28-14-12-26(13-15-28)35(43(38,39)29-16-17-30(40-5)31(19-29)41-6)21-32(37)34-33-20-25-18-23(3)36(24(25)4)27-10-8-22(2)9-11-27/h8-20H,7,21H2,1-6H3,(H,34,37)/b33-20-. The molecule has 0 atom stereocenters. The number of rotatable bonds is 12. The summed E-state index contributed by atoms with van der Waals surface area (Å²) in [6, 6.07) is 20.9. The quantitative estimate of drug-likeness (QED) is 0.177. The van der Waals surface area contributed by atoms with Crippen LogP contribution in [0.1, 0.15) is 29.4 Å². The Morgan fingerprint density at radius 3 is 2.23 bits per heavy atom. The summed E-state index contributed by atoms with van der Waals surface area (Å²) in [5.74, 6) is 0.573. The van der Waals surface area contributed by atoms with Gasteiger partial charge in [0.2, 0.25) is 0 Å². The van der Waals surface area contributed by atoms with Crippen molar-refractivity contribution in [2.24, 2.45) is 5.10 Å². The van der Waals surface area contributed by atoms with Crippen molar-refractivity contribution >= 4 is 27.8 Å². The van der Waals surface area contributed by atoms with E-state index in [0.717, 1.165) is 26.9 Å². The maximum atomic E-state index is 13.9. The summed E-state index contributed by atoms with van der Waals surface area (Å²) in [6.45, 7) is 7.80. The molecular formula is C32H36N4O6S. The van der Waals surface area contributed by atoms with Crippen LogP contribution in [0.3, 0.4) is 0 Å². The number of aryl methyl sites for hydroxylation is 2. The van der Waals surface area contributed by atoms with E-state index in [2.05, 4.69) is 15.1 Å². The molecule has 1 heterocycles. The Morgan fingerprint density at radius 2 is 1.60 bits per heavy atom. The van der Waals surface area contributed by atoms with Crippen molar-refractivity contribution in [3.05, 3.63) is 95.3 Å². The summed E-state index contributed by atoms with van der Waals surface area (Å²) in [4.78, 5) is 13.0. The topological polar surface area (TPSA) is 111 Å². The Kier molecular flexibility index (Phi) is 9.77. The van der Waals surface area contributed by atoms with Crippen LogP contribution in [0, 0.1) is 20.8 Å². The third-order valence-electron chi connectivity index (χ3n) is 6.82. The lowest BCUT2D eigenvalue weighted by atomic mass is 10.2. The van der Waals surface area contributed by atoms with Crippen LogP contribution in [-0.4, -0.2) is 52.5 Å². The molecule has 0 spiro atoms. The van der Waals surface area contributed by atoms with Gasteiger partial charge in [0.25, 0.3) is 15.9 Å². The summed E-state index contributed by atoms with van der Waals surface area (Å²) in [6.07, 6.45) is 1.55. The molecule has 0 saturated heterocycles. The first kappa shape index (κ1) is 31.2. The van der Waals surface area contributed by atoms with Gasteiger partial charge in [-0.3, -0.25) is 9.10 Å². The van der Waals surface area contributed by atoms with Gasteiger partial charge in [-0.2, -0.15) is 5.10 Å². The monoisotopic (exact) mass is 604 g/mol. The molecule has 4 aromatic rings. The Bertz CT molecular complexity index is 1710. The smallest absolute Gasteiger partial charge is 0.264 e. The van der Waals surface area contributed by atoms with Crippen LogP contribution in [0.15, 0.2) is 82.8 Å². The van der Waals surface area contributed by atoms with Crippen molar-refractivity contribution in [2.45, 2.75) is 32.6 Å². The van der Waals surface area contributed by atoms with Crippen molar-refractivity contribution < 1.29 is 27.4 Å². The highest BCUT2D eigenvalue weighted by molar-refractivity contribution is 7.92. The number of sulfonamides is 1. The Hall–Kier alpha value is -4.77. The molecule has 4 rings (SSSR count). The van der Waals surface area contributed by atoms with Crippen LogP contribution in [0.4, 0.5) is 5.69 Å². The number of carbonyl (C=O) groups excluding carboxylic acids is 1. The summed E-state index contributed by atoms with van der Waals surface area (Å²) >= 11 is 0. The average molecular weight is 605 g/mol. The first-order chi connectivity index (χ1) is 20.6. The van der Waals surface area contributed by atoms with Crippen molar-refractivity contribution in [1.82, 2.24) is 9.99 Å². The molecule has 0 unspecified atom stereocenters. The molecule has 0 saturated carbocycles. The molecule has 0 radical (unpaired) electrons. The molecule has 11 heteroatoms. The van der Waals surface area contributed by atoms with Gasteiger partial charge in [0, 0.05) is 28.7 Å². The summed E-state index contributed by atoms with van der Waals surface area (Å²) in [5.41, 5.74) is 7.73. The molecule has 1 N–H and O–H groups in total. The maximum absolute atomic E-state index is 13.9. The zero-order valence-electron chi connectivity index (χ0n) is 25.1. The lowest BCUT2D eigenvalue weighted by Gasteiger charge is -2.24. The lowest BCUT2D eigenvalue weighted by molar-refractivity contribution is -0.119. The largest absolute Gasteiger partial charge is 0.494 e. The van der Waals surface area contributed by atoms with Gasteiger partial charge in [-0.15, -0.1) is 0 Å². The highest BCUT2D eigenvalue weighted by Gasteiger charge is 2.28. The molecule has 0 aliphatic carbocycles. The SMILES string of the molecule is CCOc1ccc(N(CC(=O)N/N=C\c2cc(C)n(-c3ccc(C)cc3)c2C)S(=O)(=O)c2ccc(OC)c(OC)c2)cc1. The fourth-order valence-electron chi connectivity index (χ4n) is 4.64. The molecule has 226 valence electrons. The number of carbonyl (C=O) groups is 1. The molecule has 3 aromatic carbocycles. The minimum absolute atomic E-state index is 0.0705. The van der Waals surface area contributed by atoms with E-state index in [9.17, 15) is 13.2 Å². The number of nitrogens with one attached hydrogen (secondary N) is 1. The third-order valence-corrected chi connectivity index (χ3v) is 8.59. The van der Waals surface area contributed by atoms with Crippen LogP contribution in [-0.2, 0) is 14.8 Å². The Morgan fingerprint density at radius 1 is 0.930 bits per heavy atom. The number of nitrogens with zero attached hydrogens (tertiary/aromatic N) is 3. The molecule has 0 aliphatic rings. The minimum atomic E-state index is -4.21. The second-order valence-corrected chi connectivity index (χ2v) is 11.6. The predicted octanol–water partition coefficient (Wildman–Crippen LogP) is 5.16. The van der Waals surface area contributed by atoms with Crippen molar-refractivity contribution in [2.75, 3.05) is 31.7 Å². The fraction of sp³-hybridized carbons (Fsp3) is 0.250. The van der Waals surface area contributed by atoms with Crippen molar-refractivity contribution in [3.63, 3.8) is 0 Å². The second kappa shape index (κ2) is 13.5. The number of hydrogen-bond donors (Lipinski definition) is 1. The average Bonchev–Trinajstić information content (AvgIpc) is 3.28. The number of aromatic nitrogens is 1. The number of ether oxygens (including phenoxy) is 3. The zero-order chi connectivity index (χ0) is 31.1. The van der Waals surface area contributed by atoms with Gasteiger partial charge in [-0.05, 0) is 82.3 Å². The number of anilines is 1. The first-order valence-electron chi connectivity index (χ1n) is 13.6. The lowest BCUT2D eigenvalue weighted by Crippen LogP contribution is -2.39. The van der Waals surface area contributed by atoms with E-state index in [1.165, 1.54) is 38.0 Å². The van der Waals surface area contributed by atoms with Crippen LogP contribution in [0.2, 0.25) is 0 Å². The van der Waals surface area contributed by atoms with Gasteiger partial charge in [0.05, 0.1) is 37.6 Å². The molecule has 10 nitrogen and oxygen atoms in total. The van der Waals surface area contributed by atoms with Gasteiger partial charge >= 0.3 is 0 Å². The van der Waals surface area contributed by atoms with E-state index < -0.39 is 22.5 Å².